The number of esters is 2. The molecule has 0 radical (unpaired) electrons. The molecular weight excluding hydrogens is 1040 g/mol. The molecule has 2 aliphatic rings. The predicted molar refractivity (Wildman–Crippen MR) is 286 cm³/mol. The Labute approximate surface area is 462 Å². The highest BCUT2D eigenvalue weighted by molar-refractivity contribution is 5.94. The summed E-state index contributed by atoms with van der Waals surface area (Å²) in [7, 11) is 0. The van der Waals surface area contributed by atoms with E-state index in [1.807, 2.05) is 34.6 Å². The number of cyclic esters (lactones) is 1. The summed E-state index contributed by atoms with van der Waals surface area (Å²) >= 11 is 0. The zero-order chi connectivity index (χ0) is 59.2. The first kappa shape index (κ1) is 63.8. The number of pyridine rings is 2. The Hall–Kier alpha value is -6.99. The molecule has 0 saturated heterocycles. The minimum atomic E-state index is -2.33. The lowest BCUT2D eigenvalue weighted by Crippen LogP contribution is -2.52. The van der Waals surface area contributed by atoms with E-state index in [-0.39, 0.29) is 131 Å². The summed E-state index contributed by atoms with van der Waals surface area (Å²) < 4.78 is 18.2. The van der Waals surface area contributed by atoms with Gasteiger partial charge in [-0.15, -0.1) is 0 Å². The van der Waals surface area contributed by atoms with Crippen molar-refractivity contribution in [3.05, 3.63) is 56.9 Å². The third kappa shape index (κ3) is 15.7. The van der Waals surface area contributed by atoms with E-state index in [0.29, 0.717) is 29.7 Å². The molecule has 2 aliphatic heterocycles. The molecule has 2 aromatic heterocycles. The number of phenols is 1. The molecule has 5 rings (SSSR count). The van der Waals surface area contributed by atoms with Crippen molar-refractivity contribution in [1.29, 1.82) is 0 Å². The lowest BCUT2D eigenvalue weighted by atomic mass is 9.78. The molecule has 0 saturated carbocycles. The van der Waals surface area contributed by atoms with Crippen molar-refractivity contribution in [3.63, 3.8) is 0 Å². The third-order valence-electron chi connectivity index (χ3n) is 14.4. The average molecular weight is 1120 g/mol. The van der Waals surface area contributed by atoms with E-state index < -0.39 is 95.7 Å². The number of nitrogens with zero attached hydrogens (tertiary/aromatic N) is 2. The molecule has 0 bridgehead atoms. The van der Waals surface area contributed by atoms with Gasteiger partial charge in [0.2, 0.25) is 23.3 Å². The van der Waals surface area contributed by atoms with Gasteiger partial charge in [-0.2, -0.15) is 0 Å². The van der Waals surface area contributed by atoms with Crippen LogP contribution >= 0.6 is 0 Å². The number of aromatic hydroxyl groups is 1. The van der Waals surface area contributed by atoms with Crippen LogP contribution in [0.1, 0.15) is 135 Å². The highest BCUT2D eigenvalue weighted by atomic mass is 16.6. The maximum Gasteiger partial charge on any atom is 0.355 e. The molecule has 3 aromatic rings. The summed E-state index contributed by atoms with van der Waals surface area (Å²) in [6.07, 6.45) is -9.99. The van der Waals surface area contributed by atoms with E-state index in [1.165, 1.54) is 17.6 Å². The van der Waals surface area contributed by atoms with Gasteiger partial charge in [-0.3, -0.25) is 43.2 Å². The number of aliphatic hydroxyl groups excluding tert-OH is 4. The van der Waals surface area contributed by atoms with Gasteiger partial charge in [-0.1, -0.05) is 41.5 Å². The first-order valence-electron chi connectivity index (χ1n) is 27.1. The zero-order valence-electron chi connectivity index (χ0n) is 46.4. The number of phenolic OH excluding ortho intramolecular Hbond substituents is 1. The molecule has 9 N–H and O–H groups in total. The van der Waals surface area contributed by atoms with Crippen molar-refractivity contribution in [2.24, 2.45) is 11.3 Å². The van der Waals surface area contributed by atoms with Gasteiger partial charge in [-0.05, 0) is 74.3 Å². The van der Waals surface area contributed by atoms with Crippen LogP contribution in [0.4, 0.5) is 0 Å². The monoisotopic (exact) mass is 1120 g/mol. The molecule has 0 aliphatic carbocycles. The van der Waals surface area contributed by atoms with Crippen molar-refractivity contribution in [3.8, 4) is 17.1 Å². The number of carbonyl (C=O) groups is 9. The Kier molecular flexibility index (Phi) is 22.7. The van der Waals surface area contributed by atoms with E-state index in [4.69, 9.17) is 19.2 Å². The predicted octanol–water partition coefficient (Wildman–Crippen LogP) is 1.11. The second kappa shape index (κ2) is 28.4. The molecular formula is C56H76N6O18. The summed E-state index contributed by atoms with van der Waals surface area (Å²) in [6, 6.07) is 4.96. The van der Waals surface area contributed by atoms with Gasteiger partial charge in [0.1, 0.15) is 36.5 Å². The number of fused-ring (bicyclic) bond motifs is 5. The summed E-state index contributed by atoms with van der Waals surface area (Å²) in [5.74, 6) is -6.68. The number of carbonyl (C=O) groups excluding carboxylic acids is 9. The fourth-order valence-corrected chi connectivity index (χ4v) is 9.92. The average Bonchev–Trinajstić information content (AvgIpc) is 3.80. The normalized spacial score (nSPS) is 16.8. The molecule has 4 heterocycles. The van der Waals surface area contributed by atoms with E-state index in [0.717, 1.165) is 16.5 Å². The van der Waals surface area contributed by atoms with E-state index >= 15 is 0 Å². The van der Waals surface area contributed by atoms with Crippen LogP contribution in [0.3, 0.4) is 0 Å². The summed E-state index contributed by atoms with van der Waals surface area (Å²) in [4.78, 5) is 135. The number of aromatic nitrogens is 2. The van der Waals surface area contributed by atoms with Crippen molar-refractivity contribution in [2.45, 2.75) is 168 Å². The van der Waals surface area contributed by atoms with E-state index in [2.05, 4.69) is 21.3 Å². The second-order valence-electron chi connectivity index (χ2n) is 21.2. The maximum absolute atomic E-state index is 14.1. The third-order valence-corrected chi connectivity index (χ3v) is 14.4. The number of hydrogen-bond donors (Lipinski definition) is 9. The Balaban J connectivity index is 1.16. The molecule has 438 valence electrons. The lowest BCUT2D eigenvalue weighted by Gasteiger charge is -2.35. The highest BCUT2D eigenvalue weighted by Crippen LogP contribution is 2.42. The van der Waals surface area contributed by atoms with Crippen molar-refractivity contribution < 1.29 is 82.9 Å². The lowest BCUT2D eigenvalue weighted by molar-refractivity contribution is -0.189. The Morgan fingerprint density at radius 1 is 0.787 bits per heavy atom. The fourth-order valence-electron chi connectivity index (χ4n) is 9.92. The molecule has 2 unspecified atom stereocenters. The van der Waals surface area contributed by atoms with Crippen LogP contribution in [0.2, 0.25) is 0 Å². The fraction of sp³-hybridized carbons (Fsp3) is 0.589. The number of aliphatic hydroxyl groups is 4. The number of benzene rings is 1. The van der Waals surface area contributed by atoms with Gasteiger partial charge in [0.25, 0.3) is 11.5 Å². The van der Waals surface area contributed by atoms with Gasteiger partial charge in [-0.25, -0.2) is 9.78 Å². The second-order valence-corrected chi connectivity index (χ2v) is 21.2. The molecule has 1 aromatic carbocycles. The quantitative estimate of drug-likeness (QED) is 0.0252. The van der Waals surface area contributed by atoms with Gasteiger partial charge in [0.05, 0.1) is 61.1 Å². The van der Waals surface area contributed by atoms with Crippen LogP contribution in [0.15, 0.2) is 29.1 Å². The minimum Gasteiger partial charge on any atom is -0.508 e. The molecule has 0 spiro atoms. The topological polar surface area (TPSA) is 365 Å². The summed E-state index contributed by atoms with van der Waals surface area (Å²) in [5.41, 5.74) is 0.571. The van der Waals surface area contributed by atoms with Crippen LogP contribution < -0.4 is 26.8 Å². The van der Waals surface area contributed by atoms with Crippen molar-refractivity contribution >= 4 is 63.8 Å². The summed E-state index contributed by atoms with van der Waals surface area (Å²) in [5, 5.41) is 62.8. The Bertz CT molecular complexity index is 2880. The first-order valence-corrected chi connectivity index (χ1v) is 27.1. The molecule has 0 fully saturated rings. The van der Waals surface area contributed by atoms with Crippen molar-refractivity contribution in [1.82, 2.24) is 30.8 Å². The van der Waals surface area contributed by atoms with E-state index in [9.17, 15) is 73.5 Å². The molecule has 24 heteroatoms. The molecule has 80 heavy (non-hydrogen) atoms. The van der Waals surface area contributed by atoms with Gasteiger partial charge < -0.3 is 65.6 Å². The van der Waals surface area contributed by atoms with Crippen LogP contribution in [0.25, 0.3) is 22.3 Å². The number of ketones is 3. The SMILES string of the molecule is CCc1c2c(nc3ccc(O)cc13)-c1cc3c(c(=O)n1C2)COC(=O)[C@@]3(CC)OC(=O)CCNC(=O)CC(NC(=O)CCOCCC(C)=O)C(=O)CCCNC(=O)[C@H](O)[C@@H](O)[C@@H](O)[C@H](O)C(=O)CCCNC(=O)C(CC)C(C)(C)C. The number of nitrogens with one attached hydrogen (secondary N) is 4. The largest absolute Gasteiger partial charge is 0.508 e. The standard InChI is InChI=1S/C56H76N6O18/c1-8-32-33-25-31(64)15-16-38(33)61-46-34(32)28-62-40(46)26-37-35(53(62)76)29-79-54(77)56(37,10-3)80-45(69)17-22-57-44(68)27-39(60-43(67)19-24-78-23-18-30(4)63)41(65)13-11-21-59-52(75)50(73)49(72)48(71)47(70)42(66)14-12-20-58-51(74)36(9-2)55(5,6)7/h15-16,25-26,36,39,47-50,64,70-73H,8-14,17-24,27-29H2,1-7H3,(H,57,68)(H,58,74)(H,59,75)(H,60,67)/t36?,39?,47-,48+,49+,50-,56+/m1/s1. The first-order chi connectivity index (χ1) is 37.8. The smallest absolute Gasteiger partial charge is 0.355 e. The number of aryl methyl sites for hydroxylation is 1. The Morgan fingerprint density at radius 3 is 2.08 bits per heavy atom. The van der Waals surface area contributed by atoms with Crippen LogP contribution in [-0.4, -0.2) is 151 Å². The number of ether oxygens (including phenoxy) is 3. The zero-order valence-corrected chi connectivity index (χ0v) is 46.4. The minimum absolute atomic E-state index is 0.0508. The number of hydrogen-bond acceptors (Lipinski definition) is 19. The Morgan fingerprint density at radius 2 is 1.44 bits per heavy atom. The highest BCUT2D eigenvalue weighted by Gasteiger charge is 2.50. The molecule has 4 amide bonds. The van der Waals surface area contributed by atoms with E-state index in [1.54, 1.807) is 25.1 Å². The number of Topliss-reactive ketones (excluding diaryl/α,β-unsaturated/α-hetero) is 3. The number of amides is 4. The van der Waals surface area contributed by atoms with Gasteiger partial charge >= 0.3 is 11.9 Å². The van der Waals surface area contributed by atoms with Gasteiger partial charge in [0, 0.05) is 67.7 Å². The number of rotatable bonds is 31. The summed E-state index contributed by atoms with van der Waals surface area (Å²) in [6.45, 7) is 11.7. The van der Waals surface area contributed by atoms with Gasteiger partial charge in [0.15, 0.2) is 17.7 Å². The van der Waals surface area contributed by atoms with Crippen molar-refractivity contribution in [2.75, 3.05) is 32.8 Å². The van der Waals surface area contributed by atoms with Crippen LogP contribution in [0.5, 0.6) is 5.75 Å². The molecule has 7 atom stereocenters. The maximum atomic E-state index is 14.1. The van der Waals surface area contributed by atoms with Crippen LogP contribution in [0, 0.1) is 11.3 Å². The van der Waals surface area contributed by atoms with Crippen LogP contribution in [-0.2, 0) is 82.5 Å². The molecule has 24 nitrogen and oxygen atoms in total.